The number of rotatable bonds is 2. The molecule has 0 aromatic carbocycles. The van der Waals surface area contributed by atoms with Crippen molar-refractivity contribution in [2.75, 3.05) is 19.6 Å². The summed E-state index contributed by atoms with van der Waals surface area (Å²) in [7, 11) is 0. The molecule has 4 nitrogen and oxygen atoms in total. The van der Waals surface area contributed by atoms with Crippen LogP contribution in [0, 0.1) is 6.92 Å². The second-order valence-corrected chi connectivity index (χ2v) is 6.34. The lowest BCUT2D eigenvalue weighted by molar-refractivity contribution is 0.0101. The van der Waals surface area contributed by atoms with E-state index in [0.717, 1.165) is 31.0 Å². The molecular weight excluding hydrogens is 250 g/mol. The molecule has 0 radical (unpaired) electrons. The van der Waals surface area contributed by atoms with E-state index >= 15 is 0 Å². The van der Waals surface area contributed by atoms with Crippen molar-refractivity contribution in [3.63, 3.8) is 0 Å². The van der Waals surface area contributed by atoms with Gasteiger partial charge in [0, 0.05) is 37.4 Å². The van der Waals surface area contributed by atoms with E-state index in [4.69, 9.17) is 0 Å². The summed E-state index contributed by atoms with van der Waals surface area (Å²) in [6, 6.07) is 4.86. The summed E-state index contributed by atoms with van der Waals surface area (Å²) in [5.41, 5.74) is 1.79. The highest BCUT2D eigenvalue weighted by Crippen LogP contribution is 2.26. The number of fused-ring (bicyclic) bond motifs is 1. The number of pyridine rings is 1. The Balaban J connectivity index is 1.71. The number of hydrogen-bond acceptors (Lipinski definition) is 4. The highest BCUT2D eigenvalue weighted by molar-refractivity contribution is 5.27. The second kappa shape index (κ2) is 5.70. The van der Waals surface area contributed by atoms with Crippen molar-refractivity contribution in [2.45, 2.75) is 51.7 Å². The third kappa shape index (κ3) is 2.81. The molecule has 2 unspecified atom stereocenters. The standard InChI is InChI=1S/C16H25N3O/c1-12-6-7-16(20)15(17-12)11-19-10-14-5-3-4-8-18(14)9-13(19)2/h6-7,13-14,20H,3-5,8-11H2,1-2H3. The van der Waals surface area contributed by atoms with E-state index in [1.807, 2.05) is 13.0 Å². The maximum Gasteiger partial charge on any atom is 0.138 e. The molecule has 1 aromatic heterocycles. The van der Waals surface area contributed by atoms with Crippen molar-refractivity contribution in [3.8, 4) is 5.75 Å². The molecule has 0 aliphatic carbocycles. The zero-order valence-corrected chi connectivity index (χ0v) is 12.5. The fourth-order valence-electron chi connectivity index (χ4n) is 3.54. The zero-order chi connectivity index (χ0) is 14.1. The molecule has 4 heteroatoms. The van der Waals surface area contributed by atoms with E-state index in [9.17, 15) is 5.11 Å². The Morgan fingerprint density at radius 1 is 1.30 bits per heavy atom. The third-order valence-corrected chi connectivity index (χ3v) is 4.76. The van der Waals surface area contributed by atoms with Crippen LogP contribution >= 0.6 is 0 Å². The predicted octanol–water partition coefficient (Wildman–Crippen LogP) is 2.15. The van der Waals surface area contributed by atoms with Gasteiger partial charge in [0.15, 0.2) is 0 Å². The smallest absolute Gasteiger partial charge is 0.138 e. The van der Waals surface area contributed by atoms with Gasteiger partial charge in [0.1, 0.15) is 5.75 Å². The van der Waals surface area contributed by atoms with E-state index < -0.39 is 0 Å². The SMILES string of the molecule is Cc1ccc(O)c(CN2CC3CCCCN3CC2C)n1. The molecule has 2 atom stereocenters. The Morgan fingerprint density at radius 2 is 2.15 bits per heavy atom. The molecule has 20 heavy (non-hydrogen) atoms. The number of aromatic nitrogens is 1. The summed E-state index contributed by atoms with van der Waals surface area (Å²) in [4.78, 5) is 9.63. The lowest BCUT2D eigenvalue weighted by atomic mass is 9.97. The number of aromatic hydroxyl groups is 1. The highest BCUT2D eigenvalue weighted by atomic mass is 16.3. The molecule has 0 spiro atoms. The van der Waals surface area contributed by atoms with Crippen LogP contribution in [0.15, 0.2) is 12.1 Å². The summed E-state index contributed by atoms with van der Waals surface area (Å²) in [5, 5.41) is 9.98. The van der Waals surface area contributed by atoms with Gasteiger partial charge in [-0.1, -0.05) is 6.42 Å². The molecule has 0 saturated carbocycles. The third-order valence-electron chi connectivity index (χ3n) is 4.76. The molecule has 3 rings (SSSR count). The van der Waals surface area contributed by atoms with Gasteiger partial charge in [-0.25, -0.2) is 0 Å². The van der Waals surface area contributed by atoms with Crippen LogP contribution in [0.25, 0.3) is 0 Å². The quantitative estimate of drug-likeness (QED) is 0.898. The van der Waals surface area contributed by atoms with Crippen molar-refractivity contribution in [1.82, 2.24) is 14.8 Å². The van der Waals surface area contributed by atoms with Crippen LogP contribution in [0.4, 0.5) is 0 Å². The normalized spacial score (nSPS) is 28.3. The largest absolute Gasteiger partial charge is 0.506 e. The average molecular weight is 275 g/mol. The first-order valence-electron chi connectivity index (χ1n) is 7.77. The van der Waals surface area contributed by atoms with Gasteiger partial charge in [0.05, 0.1) is 5.69 Å². The Kier molecular flexibility index (Phi) is 3.94. The van der Waals surface area contributed by atoms with Crippen molar-refractivity contribution in [2.24, 2.45) is 0 Å². The summed E-state index contributed by atoms with van der Waals surface area (Å²) < 4.78 is 0. The van der Waals surface area contributed by atoms with E-state index in [-0.39, 0.29) is 0 Å². The molecule has 2 aliphatic heterocycles. The molecule has 2 fully saturated rings. The maximum atomic E-state index is 9.98. The lowest BCUT2D eigenvalue weighted by Gasteiger charge is -2.47. The highest BCUT2D eigenvalue weighted by Gasteiger charge is 2.33. The number of piperidine rings is 1. The minimum atomic E-state index is 0.328. The van der Waals surface area contributed by atoms with Crippen molar-refractivity contribution in [3.05, 3.63) is 23.5 Å². The van der Waals surface area contributed by atoms with Crippen LogP contribution in [0.5, 0.6) is 5.75 Å². The summed E-state index contributed by atoms with van der Waals surface area (Å²) in [6.07, 6.45) is 4.03. The lowest BCUT2D eigenvalue weighted by Crippen LogP contribution is -2.58. The first-order chi connectivity index (χ1) is 9.63. The topological polar surface area (TPSA) is 39.6 Å². The number of aryl methyl sites for hydroxylation is 1. The van der Waals surface area contributed by atoms with Gasteiger partial charge in [-0.2, -0.15) is 0 Å². The first kappa shape index (κ1) is 13.8. The van der Waals surface area contributed by atoms with Gasteiger partial charge < -0.3 is 5.11 Å². The molecule has 3 heterocycles. The fraction of sp³-hybridized carbons (Fsp3) is 0.688. The Morgan fingerprint density at radius 3 is 3.00 bits per heavy atom. The van der Waals surface area contributed by atoms with E-state index in [0.29, 0.717) is 17.8 Å². The second-order valence-electron chi connectivity index (χ2n) is 6.34. The Labute approximate surface area is 121 Å². The minimum absolute atomic E-state index is 0.328. The molecule has 0 amide bonds. The van der Waals surface area contributed by atoms with Crippen LogP contribution in [-0.2, 0) is 6.54 Å². The molecule has 1 N–H and O–H groups in total. The minimum Gasteiger partial charge on any atom is -0.506 e. The Bertz CT molecular complexity index is 477. The molecular formula is C16H25N3O. The van der Waals surface area contributed by atoms with Gasteiger partial charge in [0.25, 0.3) is 0 Å². The van der Waals surface area contributed by atoms with Gasteiger partial charge in [-0.15, -0.1) is 0 Å². The van der Waals surface area contributed by atoms with Crippen LogP contribution in [0.3, 0.4) is 0 Å². The average Bonchev–Trinajstić information content (AvgIpc) is 2.43. The molecule has 2 saturated heterocycles. The van der Waals surface area contributed by atoms with Gasteiger partial charge in [-0.05, 0) is 45.4 Å². The van der Waals surface area contributed by atoms with Gasteiger partial charge >= 0.3 is 0 Å². The maximum absolute atomic E-state index is 9.98. The molecule has 0 bridgehead atoms. The van der Waals surface area contributed by atoms with Crippen LogP contribution in [0.2, 0.25) is 0 Å². The van der Waals surface area contributed by atoms with Crippen molar-refractivity contribution >= 4 is 0 Å². The fourth-order valence-corrected chi connectivity index (χ4v) is 3.54. The number of piperazine rings is 1. The first-order valence-corrected chi connectivity index (χ1v) is 7.77. The number of hydrogen-bond donors (Lipinski definition) is 1. The van der Waals surface area contributed by atoms with Gasteiger partial charge in [0.2, 0.25) is 0 Å². The molecule has 110 valence electrons. The van der Waals surface area contributed by atoms with Crippen LogP contribution < -0.4 is 0 Å². The predicted molar refractivity (Wildman–Crippen MR) is 79.7 cm³/mol. The molecule has 2 aliphatic rings. The van der Waals surface area contributed by atoms with E-state index in [2.05, 4.69) is 21.7 Å². The summed E-state index contributed by atoms with van der Waals surface area (Å²) >= 11 is 0. The summed E-state index contributed by atoms with van der Waals surface area (Å²) in [6.45, 7) is 8.55. The van der Waals surface area contributed by atoms with Crippen LogP contribution in [-0.4, -0.2) is 51.6 Å². The van der Waals surface area contributed by atoms with E-state index in [1.165, 1.54) is 25.8 Å². The van der Waals surface area contributed by atoms with Crippen LogP contribution in [0.1, 0.15) is 37.6 Å². The molecule has 1 aromatic rings. The number of nitrogens with zero attached hydrogens (tertiary/aromatic N) is 3. The Hall–Kier alpha value is -1.13. The van der Waals surface area contributed by atoms with Gasteiger partial charge in [-0.3, -0.25) is 14.8 Å². The van der Waals surface area contributed by atoms with E-state index in [1.54, 1.807) is 6.07 Å². The zero-order valence-electron chi connectivity index (χ0n) is 12.5. The van der Waals surface area contributed by atoms with Crippen molar-refractivity contribution < 1.29 is 5.11 Å². The summed E-state index contributed by atoms with van der Waals surface area (Å²) in [5.74, 6) is 0.328. The van der Waals surface area contributed by atoms with Crippen molar-refractivity contribution in [1.29, 1.82) is 0 Å². The monoisotopic (exact) mass is 275 g/mol.